The number of hydrogen-bond donors (Lipinski definition) is 0. The van der Waals surface area contributed by atoms with Crippen LogP contribution in [0.25, 0.3) is 12.2 Å². The molecule has 29 heavy (non-hydrogen) atoms. The minimum Gasteiger partial charge on any atom is -0.348 e. The molecule has 1 aromatic carbocycles. The topological polar surface area (TPSA) is 19.4 Å². The van der Waals surface area contributed by atoms with E-state index in [0.29, 0.717) is 0 Å². The Hall–Kier alpha value is -1.91. The highest BCUT2D eigenvalue weighted by atomic mass is 32.1. The summed E-state index contributed by atoms with van der Waals surface area (Å²) in [5.41, 5.74) is 1.53. The highest BCUT2D eigenvalue weighted by Gasteiger charge is 2.28. The van der Waals surface area contributed by atoms with Crippen molar-refractivity contribution in [2.24, 2.45) is 5.92 Å². The molecule has 5 rings (SSSR count). The lowest BCUT2D eigenvalue weighted by atomic mass is 9.89. The molecule has 1 aliphatic carbocycles. The zero-order valence-corrected chi connectivity index (χ0v) is 18.2. The van der Waals surface area contributed by atoms with Crippen LogP contribution in [0.2, 0.25) is 0 Å². The molecule has 0 spiro atoms. The van der Waals surface area contributed by atoms with Gasteiger partial charge in [0.2, 0.25) is 0 Å². The Morgan fingerprint density at radius 3 is 2.48 bits per heavy atom. The van der Waals surface area contributed by atoms with Gasteiger partial charge < -0.3 is 9.80 Å². The zero-order valence-electron chi connectivity index (χ0n) is 17.4. The van der Waals surface area contributed by atoms with E-state index in [0.717, 1.165) is 18.3 Å². The first-order valence-corrected chi connectivity index (χ1v) is 11.9. The van der Waals surface area contributed by atoms with Gasteiger partial charge in [0.15, 0.2) is 5.13 Å². The van der Waals surface area contributed by atoms with E-state index in [9.17, 15) is 0 Å². The van der Waals surface area contributed by atoms with Crippen molar-refractivity contribution in [1.82, 2.24) is 9.88 Å². The van der Waals surface area contributed by atoms with Crippen LogP contribution in [0.4, 0.5) is 5.13 Å². The minimum atomic E-state index is 0.761. The number of benzene rings is 1. The van der Waals surface area contributed by atoms with Crippen molar-refractivity contribution in [3.05, 3.63) is 58.9 Å². The second-order valence-corrected chi connectivity index (χ2v) is 9.33. The molecule has 2 saturated heterocycles. The quantitative estimate of drug-likeness (QED) is 0.714. The lowest BCUT2D eigenvalue weighted by molar-refractivity contribution is 0.188. The molecule has 0 saturated carbocycles. The summed E-state index contributed by atoms with van der Waals surface area (Å²) in [6.07, 6.45) is 10.9. The lowest BCUT2D eigenvalue weighted by Gasteiger charge is -2.33. The molecule has 2 fully saturated rings. The molecule has 3 aliphatic rings. The molecule has 0 unspecified atom stereocenters. The fourth-order valence-corrected chi connectivity index (χ4v) is 5.96. The van der Waals surface area contributed by atoms with Gasteiger partial charge >= 0.3 is 0 Å². The molecule has 3 nitrogen and oxygen atoms in total. The van der Waals surface area contributed by atoms with E-state index in [4.69, 9.17) is 4.98 Å². The van der Waals surface area contributed by atoms with Crippen LogP contribution in [-0.2, 0) is 0 Å². The van der Waals surface area contributed by atoms with E-state index in [1.165, 1.54) is 79.0 Å². The molecular weight excluding hydrogens is 374 g/mol. The lowest BCUT2D eigenvalue weighted by Crippen LogP contribution is -2.37. The Morgan fingerprint density at radius 2 is 1.72 bits per heavy atom. The van der Waals surface area contributed by atoms with Crippen LogP contribution in [0.5, 0.6) is 0 Å². The summed E-state index contributed by atoms with van der Waals surface area (Å²) in [6, 6.07) is 11.1. The van der Waals surface area contributed by atoms with E-state index < -0.39 is 0 Å². The van der Waals surface area contributed by atoms with Gasteiger partial charge in [-0.1, -0.05) is 53.8 Å². The number of fused-ring (bicyclic) bond motifs is 1. The fourth-order valence-electron chi connectivity index (χ4n) is 4.89. The van der Waals surface area contributed by atoms with Gasteiger partial charge in [0, 0.05) is 19.6 Å². The number of likely N-dealkylation sites (tertiary alicyclic amines) is 1. The smallest absolute Gasteiger partial charge is 0.186 e. The normalized spacial score (nSPS) is 22.2. The number of nitrogens with zero attached hydrogens (tertiary/aromatic N) is 3. The molecule has 0 bridgehead atoms. The summed E-state index contributed by atoms with van der Waals surface area (Å²) in [7, 11) is 0. The van der Waals surface area contributed by atoms with Crippen LogP contribution in [-0.4, -0.2) is 42.6 Å². The van der Waals surface area contributed by atoms with Gasteiger partial charge in [-0.2, -0.15) is 0 Å². The van der Waals surface area contributed by atoms with Gasteiger partial charge in [-0.15, -0.1) is 13.2 Å². The standard InChI is InChI=1S/C23H29N3S.C2H4/c1-2-6-19(7-3-1)20-11-13-25(14-12-20)16-18-10-15-26(17-18)23-24-21-8-4-5-9-22(21)27-23;1-2/h1-3,6-9,18,20H,4-5,10-17H2;1-2H2/t18-;/m0./s1. The summed E-state index contributed by atoms with van der Waals surface area (Å²) in [6.45, 7) is 12.1. The molecule has 0 radical (unpaired) electrons. The first kappa shape index (κ1) is 20.4. The van der Waals surface area contributed by atoms with Crippen molar-refractivity contribution in [2.75, 3.05) is 37.6 Å². The predicted molar refractivity (Wildman–Crippen MR) is 126 cm³/mol. The molecule has 1 atom stereocenters. The Morgan fingerprint density at radius 1 is 0.966 bits per heavy atom. The molecule has 2 aliphatic heterocycles. The average molecular weight is 408 g/mol. The Labute approximate surface area is 179 Å². The first-order valence-electron chi connectivity index (χ1n) is 11.0. The van der Waals surface area contributed by atoms with E-state index in [-0.39, 0.29) is 0 Å². The summed E-state index contributed by atoms with van der Waals surface area (Å²) in [5.74, 6) is 1.56. The second kappa shape index (κ2) is 9.73. The van der Waals surface area contributed by atoms with Crippen LogP contribution in [0.1, 0.15) is 43.6 Å². The van der Waals surface area contributed by atoms with E-state index >= 15 is 0 Å². The summed E-state index contributed by atoms with van der Waals surface area (Å²) in [4.78, 5) is 10.1. The predicted octanol–water partition coefficient (Wildman–Crippen LogP) is 4.01. The molecule has 0 N–H and O–H groups in total. The van der Waals surface area contributed by atoms with Gasteiger partial charge in [-0.05, 0) is 62.6 Å². The second-order valence-electron chi connectivity index (χ2n) is 8.32. The number of thiazole rings is 1. The molecule has 3 heterocycles. The Balaban J connectivity index is 0.000000994. The maximum Gasteiger partial charge on any atom is 0.186 e. The summed E-state index contributed by atoms with van der Waals surface area (Å²) >= 11 is 1.89. The number of aromatic nitrogens is 1. The number of hydrogen-bond acceptors (Lipinski definition) is 4. The first-order chi connectivity index (χ1) is 14.3. The molecule has 1 aromatic heterocycles. The van der Waals surface area contributed by atoms with Crippen molar-refractivity contribution in [3.8, 4) is 0 Å². The van der Waals surface area contributed by atoms with Gasteiger partial charge in [0.25, 0.3) is 0 Å². The highest BCUT2D eigenvalue weighted by molar-refractivity contribution is 7.13. The van der Waals surface area contributed by atoms with Crippen LogP contribution in [0, 0.1) is 5.92 Å². The third-order valence-corrected chi connectivity index (χ3v) is 7.56. The maximum absolute atomic E-state index is 4.90. The molecule has 154 valence electrons. The van der Waals surface area contributed by atoms with Crippen molar-refractivity contribution < 1.29 is 0 Å². The summed E-state index contributed by atoms with van der Waals surface area (Å²) < 4.78 is 1.39. The number of piperidine rings is 1. The Kier molecular flexibility index (Phi) is 6.83. The van der Waals surface area contributed by atoms with Crippen molar-refractivity contribution >= 4 is 28.6 Å². The van der Waals surface area contributed by atoms with Gasteiger partial charge in [-0.3, -0.25) is 0 Å². The number of rotatable bonds is 4. The van der Waals surface area contributed by atoms with Crippen LogP contribution in [0.15, 0.2) is 43.5 Å². The number of anilines is 1. The summed E-state index contributed by atoms with van der Waals surface area (Å²) in [5, 5.41) is 2.48. The Bertz CT molecular complexity index is 862. The van der Waals surface area contributed by atoms with Crippen LogP contribution >= 0.6 is 11.3 Å². The fraction of sp³-hybridized carbons (Fsp3) is 0.480. The molecular formula is C25H33N3S. The molecule has 4 heteroatoms. The van der Waals surface area contributed by atoms with Crippen molar-refractivity contribution in [2.45, 2.75) is 38.0 Å². The molecule has 2 aromatic rings. The highest BCUT2D eigenvalue weighted by Crippen LogP contribution is 2.30. The third-order valence-electron chi connectivity index (χ3n) is 6.44. The SMILES string of the molecule is C1=c2nc(N3CC[C@@H](CN4CCC(c5ccccc5)CC4)C3)sc2=CCC1.C=C. The van der Waals surface area contributed by atoms with E-state index in [1.54, 1.807) is 0 Å². The van der Waals surface area contributed by atoms with E-state index in [2.05, 4.69) is 65.4 Å². The zero-order chi connectivity index (χ0) is 20.1. The molecule has 0 amide bonds. The van der Waals surface area contributed by atoms with E-state index in [1.807, 2.05) is 11.3 Å². The monoisotopic (exact) mass is 407 g/mol. The third kappa shape index (κ3) is 4.81. The van der Waals surface area contributed by atoms with Gasteiger partial charge in [0.1, 0.15) is 0 Å². The largest absolute Gasteiger partial charge is 0.348 e. The van der Waals surface area contributed by atoms with Crippen molar-refractivity contribution in [1.29, 1.82) is 0 Å². The van der Waals surface area contributed by atoms with Crippen molar-refractivity contribution in [3.63, 3.8) is 0 Å². The maximum atomic E-state index is 4.90. The van der Waals surface area contributed by atoms with Gasteiger partial charge in [0.05, 0.1) is 9.88 Å². The minimum absolute atomic E-state index is 0.761. The van der Waals surface area contributed by atoms with Crippen LogP contribution < -0.4 is 14.8 Å². The van der Waals surface area contributed by atoms with Gasteiger partial charge in [-0.25, -0.2) is 4.98 Å². The average Bonchev–Trinajstić information content (AvgIpc) is 3.43. The van der Waals surface area contributed by atoms with Crippen LogP contribution in [0.3, 0.4) is 0 Å².